The summed E-state index contributed by atoms with van der Waals surface area (Å²) in [6.45, 7) is 5.22. The van der Waals surface area contributed by atoms with Crippen molar-refractivity contribution in [3.05, 3.63) is 51.5 Å². The van der Waals surface area contributed by atoms with Crippen molar-refractivity contribution in [2.75, 3.05) is 20.1 Å². The van der Waals surface area contributed by atoms with Gasteiger partial charge in [-0.15, -0.1) is 11.3 Å². The van der Waals surface area contributed by atoms with Crippen LogP contribution in [-0.4, -0.2) is 31.1 Å². The Kier molecular flexibility index (Phi) is 7.31. The van der Waals surface area contributed by atoms with E-state index in [1.807, 2.05) is 13.1 Å². The lowest BCUT2D eigenvalue weighted by atomic mass is 10.0. The first-order valence-corrected chi connectivity index (χ1v) is 9.18. The van der Waals surface area contributed by atoms with Crippen molar-refractivity contribution in [1.82, 2.24) is 15.6 Å². The maximum atomic E-state index is 13.8. The van der Waals surface area contributed by atoms with Crippen LogP contribution in [-0.2, 0) is 12.8 Å². The predicted octanol–water partition coefficient (Wildman–Crippen LogP) is 3.49. The number of guanidine groups is 1. The van der Waals surface area contributed by atoms with Crippen molar-refractivity contribution in [3.63, 3.8) is 0 Å². The van der Waals surface area contributed by atoms with Crippen molar-refractivity contribution in [2.45, 2.75) is 32.6 Å². The van der Waals surface area contributed by atoms with Crippen molar-refractivity contribution >= 4 is 17.3 Å². The molecule has 0 aliphatic carbocycles. The Hall–Kier alpha value is -2.02. The number of hydrogen-bond acceptors (Lipinski definition) is 3. The fourth-order valence-electron chi connectivity index (χ4n) is 2.40. The Bertz CT molecular complexity index is 715. The van der Waals surface area contributed by atoms with E-state index < -0.39 is 11.6 Å². The molecule has 4 nitrogen and oxygen atoms in total. The summed E-state index contributed by atoms with van der Waals surface area (Å²) in [6.07, 6.45) is 3.76. The number of aromatic nitrogens is 1. The monoisotopic (exact) mass is 366 g/mol. The number of aliphatic imine (C=N–C) groups is 1. The minimum atomic E-state index is -0.563. The topological polar surface area (TPSA) is 49.3 Å². The van der Waals surface area contributed by atoms with E-state index in [-0.39, 0.29) is 5.92 Å². The molecule has 0 fully saturated rings. The summed E-state index contributed by atoms with van der Waals surface area (Å²) in [4.78, 5) is 9.84. The molecule has 0 aliphatic rings. The van der Waals surface area contributed by atoms with Gasteiger partial charge in [-0.25, -0.2) is 13.8 Å². The zero-order chi connectivity index (χ0) is 18.2. The number of benzene rings is 1. The van der Waals surface area contributed by atoms with Gasteiger partial charge in [0, 0.05) is 49.6 Å². The molecular weight excluding hydrogens is 342 g/mol. The quantitative estimate of drug-likeness (QED) is 0.582. The Balaban J connectivity index is 1.79. The Morgan fingerprint density at radius 2 is 2.12 bits per heavy atom. The summed E-state index contributed by atoms with van der Waals surface area (Å²) < 4.78 is 26.8. The molecule has 0 radical (unpaired) electrons. The van der Waals surface area contributed by atoms with Crippen LogP contribution >= 0.6 is 11.3 Å². The lowest BCUT2D eigenvalue weighted by Gasteiger charge is -2.16. The molecule has 25 heavy (non-hydrogen) atoms. The highest BCUT2D eigenvalue weighted by molar-refractivity contribution is 7.11. The van der Waals surface area contributed by atoms with Crippen LogP contribution in [0.3, 0.4) is 0 Å². The number of halogens is 2. The highest BCUT2D eigenvalue weighted by Gasteiger charge is 2.12. The SMILES string of the molecule is CCc1cnc(CCNC(=NC)NCC(C)c2ccc(F)cc2F)s1. The minimum Gasteiger partial charge on any atom is -0.356 e. The van der Waals surface area contributed by atoms with Crippen molar-refractivity contribution in [2.24, 2.45) is 4.99 Å². The maximum Gasteiger partial charge on any atom is 0.191 e. The summed E-state index contributed by atoms with van der Waals surface area (Å²) in [5, 5.41) is 7.50. The van der Waals surface area contributed by atoms with Gasteiger partial charge in [-0.1, -0.05) is 19.9 Å². The van der Waals surface area contributed by atoms with Gasteiger partial charge in [-0.05, 0) is 18.1 Å². The average Bonchev–Trinajstić information content (AvgIpc) is 3.05. The van der Waals surface area contributed by atoms with Crippen LogP contribution in [0.15, 0.2) is 29.4 Å². The van der Waals surface area contributed by atoms with Crippen LogP contribution in [0.4, 0.5) is 8.78 Å². The second kappa shape index (κ2) is 9.46. The molecule has 2 N–H and O–H groups in total. The minimum absolute atomic E-state index is 0.106. The van der Waals surface area contributed by atoms with Gasteiger partial charge in [0.05, 0.1) is 5.01 Å². The van der Waals surface area contributed by atoms with Gasteiger partial charge in [0.1, 0.15) is 11.6 Å². The first-order chi connectivity index (χ1) is 12.0. The smallest absolute Gasteiger partial charge is 0.191 e. The molecule has 0 bridgehead atoms. The van der Waals surface area contributed by atoms with Gasteiger partial charge in [0.25, 0.3) is 0 Å². The van der Waals surface area contributed by atoms with E-state index in [1.165, 1.54) is 17.0 Å². The largest absolute Gasteiger partial charge is 0.356 e. The highest BCUT2D eigenvalue weighted by Crippen LogP contribution is 2.19. The summed E-state index contributed by atoms with van der Waals surface area (Å²) in [5.74, 6) is -0.535. The van der Waals surface area contributed by atoms with Gasteiger partial charge in [-0.2, -0.15) is 0 Å². The van der Waals surface area contributed by atoms with Crippen LogP contribution in [0.25, 0.3) is 0 Å². The molecule has 2 rings (SSSR count). The first-order valence-electron chi connectivity index (χ1n) is 8.36. The van der Waals surface area contributed by atoms with E-state index >= 15 is 0 Å². The molecule has 1 atom stereocenters. The van der Waals surface area contributed by atoms with Crippen LogP contribution in [0.2, 0.25) is 0 Å². The molecule has 0 aliphatic heterocycles. The molecule has 7 heteroatoms. The van der Waals surface area contributed by atoms with E-state index in [2.05, 4.69) is 27.5 Å². The third kappa shape index (κ3) is 5.77. The van der Waals surface area contributed by atoms with Crippen molar-refractivity contribution in [1.29, 1.82) is 0 Å². The van der Waals surface area contributed by atoms with E-state index in [1.54, 1.807) is 18.4 Å². The number of rotatable bonds is 7. The third-order valence-corrected chi connectivity index (χ3v) is 5.08. The molecule has 1 aromatic heterocycles. The number of hydrogen-bond donors (Lipinski definition) is 2. The molecule has 0 saturated heterocycles. The number of aryl methyl sites for hydroxylation is 1. The van der Waals surface area contributed by atoms with Crippen LogP contribution in [0.5, 0.6) is 0 Å². The average molecular weight is 366 g/mol. The van der Waals surface area contributed by atoms with Gasteiger partial charge in [-0.3, -0.25) is 4.99 Å². The lowest BCUT2D eigenvalue weighted by molar-refractivity contribution is 0.556. The number of nitrogens with zero attached hydrogens (tertiary/aromatic N) is 2. The predicted molar refractivity (Wildman–Crippen MR) is 99.3 cm³/mol. The molecule has 0 saturated carbocycles. The number of nitrogens with one attached hydrogen (secondary N) is 2. The summed E-state index contributed by atoms with van der Waals surface area (Å²) in [5.41, 5.74) is 0.485. The molecule has 0 amide bonds. The van der Waals surface area contributed by atoms with Crippen LogP contribution < -0.4 is 10.6 Å². The molecule has 1 aromatic carbocycles. The van der Waals surface area contributed by atoms with Crippen molar-refractivity contribution < 1.29 is 8.78 Å². The third-order valence-electron chi connectivity index (χ3n) is 3.87. The molecule has 136 valence electrons. The zero-order valence-electron chi connectivity index (χ0n) is 14.8. The molecule has 1 heterocycles. The summed E-state index contributed by atoms with van der Waals surface area (Å²) in [6, 6.07) is 3.68. The van der Waals surface area contributed by atoms with E-state index in [9.17, 15) is 8.78 Å². The Morgan fingerprint density at radius 1 is 1.32 bits per heavy atom. The molecule has 2 aromatic rings. The number of thiazole rings is 1. The molecule has 0 spiro atoms. The zero-order valence-corrected chi connectivity index (χ0v) is 15.6. The van der Waals surface area contributed by atoms with Gasteiger partial charge in [0.2, 0.25) is 0 Å². The molecule has 1 unspecified atom stereocenters. The van der Waals surface area contributed by atoms with Crippen molar-refractivity contribution in [3.8, 4) is 0 Å². The normalized spacial score (nSPS) is 12.9. The molecular formula is C18H24F2N4S. The van der Waals surface area contributed by atoms with Gasteiger partial charge in [0.15, 0.2) is 5.96 Å². The first kappa shape index (κ1) is 19.3. The van der Waals surface area contributed by atoms with E-state index in [0.29, 0.717) is 18.1 Å². The van der Waals surface area contributed by atoms with E-state index in [4.69, 9.17) is 0 Å². The standard InChI is InChI=1S/C18H24F2N4S/c1-4-14-11-23-17(25-14)7-8-22-18(21-3)24-10-12(2)15-6-5-13(19)9-16(15)20/h5-6,9,11-12H,4,7-8,10H2,1-3H3,(H2,21,22,24). The van der Waals surface area contributed by atoms with Crippen LogP contribution in [0, 0.1) is 11.6 Å². The fraction of sp³-hybridized carbons (Fsp3) is 0.444. The summed E-state index contributed by atoms with van der Waals surface area (Å²) in [7, 11) is 1.69. The Labute approximate surface area is 151 Å². The second-order valence-corrected chi connectivity index (χ2v) is 6.97. The second-order valence-electron chi connectivity index (χ2n) is 5.77. The van der Waals surface area contributed by atoms with Gasteiger partial charge < -0.3 is 10.6 Å². The fourth-order valence-corrected chi connectivity index (χ4v) is 3.26. The summed E-state index contributed by atoms with van der Waals surface area (Å²) >= 11 is 1.73. The van der Waals surface area contributed by atoms with Gasteiger partial charge >= 0.3 is 0 Å². The maximum absolute atomic E-state index is 13.8. The Morgan fingerprint density at radius 3 is 2.76 bits per heavy atom. The highest BCUT2D eigenvalue weighted by atomic mass is 32.1. The van der Waals surface area contributed by atoms with Crippen LogP contribution in [0.1, 0.15) is 35.2 Å². The lowest BCUT2D eigenvalue weighted by Crippen LogP contribution is -2.40. The van der Waals surface area contributed by atoms with E-state index in [0.717, 1.165) is 30.5 Å².